The van der Waals surface area contributed by atoms with Gasteiger partial charge in [0.15, 0.2) is 5.78 Å². The van der Waals surface area contributed by atoms with Gasteiger partial charge in [0, 0.05) is 17.1 Å². The highest BCUT2D eigenvalue weighted by Gasteiger charge is 2.09. The molecule has 0 amide bonds. The number of carbonyl (C=O) groups is 1. The fourth-order valence-corrected chi connectivity index (χ4v) is 2.50. The lowest BCUT2D eigenvalue weighted by atomic mass is 10.1. The van der Waals surface area contributed by atoms with Crippen LogP contribution in [-0.4, -0.2) is 16.6 Å². The molecule has 0 aromatic heterocycles. The second-order valence-electron chi connectivity index (χ2n) is 3.85. The Morgan fingerprint density at radius 3 is 2.39 bits per heavy atom. The van der Waals surface area contributed by atoms with E-state index in [4.69, 9.17) is 0 Å². The molecule has 0 fully saturated rings. The predicted octanol–water partition coefficient (Wildman–Crippen LogP) is 3.76. The van der Waals surface area contributed by atoms with Gasteiger partial charge in [-0.25, -0.2) is 0 Å². The van der Waals surface area contributed by atoms with Crippen molar-refractivity contribution in [3.8, 4) is 5.75 Å². The summed E-state index contributed by atoms with van der Waals surface area (Å²) in [5.74, 6) is 0.765. The van der Waals surface area contributed by atoms with Crippen LogP contribution < -0.4 is 0 Å². The first-order chi connectivity index (χ1) is 8.77. The Morgan fingerprint density at radius 1 is 1.00 bits per heavy atom. The summed E-state index contributed by atoms with van der Waals surface area (Å²) in [6.07, 6.45) is 0.428. The molecule has 0 aliphatic carbocycles. The molecule has 0 saturated carbocycles. The smallest absolute Gasteiger partial charge is 0.167 e. The van der Waals surface area contributed by atoms with Crippen LogP contribution in [-0.2, 0) is 0 Å². The van der Waals surface area contributed by atoms with E-state index < -0.39 is 0 Å². The van der Waals surface area contributed by atoms with Crippen LogP contribution in [0.1, 0.15) is 16.8 Å². The third-order valence-electron chi connectivity index (χ3n) is 2.55. The molecule has 0 aliphatic heterocycles. The number of para-hydroxylation sites is 1. The number of thioether (sulfide) groups is 1. The highest BCUT2D eigenvalue weighted by Crippen LogP contribution is 2.21. The van der Waals surface area contributed by atoms with Gasteiger partial charge in [-0.05, 0) is 24.3 Å². The lowest BCUT2D eigenvalue weighted by molar-refractivity contribution is 0.0987. The fraction of sp³-hybridized carbons (Fsp3) is 0.133. The number of ketones is 1. The van der Waals surface area contributed by atoms with E-state index in [2.05, 4.69) is 0 Å². The van der Waals surface area contributed by atoms with Crippen LogP contribution in [0.2, 0.25) is 0 Å². The first-order valence-electron chi connectivity index (χ1n) is 5.76. The average molecular weight is 258 g/mol. The Morgan fingerprint density at radius 2 is 1.67 bits per heavy atom. The van der Waals surface area contributed by atoms with Gasteiger partial charge < -0.3 is 5.11 Å². The Hall–Kier alpha value is -1.74. The lowest BCUT2D eigenvalue weighted by Crippen LogP contribution is -2.00. The third kappa shape index (κ3) is 3.37. The third-order valence-corrected chi connectivity index (χ3v) is 3.56. The highest BCUT2D eigenvalue weighted by molar-refractivity contribution is 7.99. The van der Waals surface area contributed by atoms with Crippen LogP contribution in [0.3, 0.4) is 0 Å². The standard InChI is InChI=1S/C15H14O2S/c16-14-9-5-4-8-13(14)15(17)10-11-18-12-6-2-1-3-7-12/h1-9,16H,10-11H2. The monoisotopic (exact) mass is 258 g/mol. The van der Waals surface area contributed by atoms with Crippen molar-refractivity contribution in [3.63, 3.8) is 0 Å². The minimum atomic E-state index is -0.0171. The molecular weight excluding hydrogens is 244 g/mol. The van der Waals surface area contributed by atoms with E-state index >= 15 is 0 Å². The van der Waals surface area contributed by atoms with Gasteiger partial charge in [-0.1, -0.05) is 30.3 Å². The van der Waals surface area contributed by atoms with Crippen LogP contribution in [0.4, 0.5) is 0 Å². The molecule has 2 aromatic rings. The van der Waals surface area contributed by atoms with Gasteiger partial charge in [-0.15, -0.1) is 11.8 Å². The zero-order valence-electron chi connectivity index (χ0n) is 9.87. The Labute approximate surface area is 111 Å². The highest BCUT2D eigenvalue weighted by atomic mass is 32.2. The Kier molecular flexibility index (Phi) is 4.42. The van der Waals surface area contributed by atoms with Gasteiger partial charge in [0.25, 0.3) is 0 Å². The second-order valence-corrected chi connectivity index (χ2v) is 5.02. The minimum Gasteiger partial charge on any atom is -0.507 e. The molecule has 0 aliphatic rings. The molecule has 0 spiro atoms. The van der Waals surface area contributed by atoms with Gasteiger partial charge in [0.05, 0.1) is 5.56 Å². The predicted molar refractivity (Wildman–Crippen MR) is 74.2 cm³/mol. The molecule has 2 nitrogen and oxygen atoms in total. The number of phenolic OH excluding ortho intramolecular Hbond substituents is 1. The fourth-order valence-electron chi connectivity index (χ4n) is 1.62. The topological polar surface area (TPSA) is 37.3 Å². The van der Waals surface area contributed by atoms with Gasteiger partial charge in [-0.3, -0.25) is 4.79 Å². The number of hydrogen-bond donors (Lipinski definition) is 1. The summed E-state index contributed by atoms with van der Waals surface area (Å²) in [4.78, 5) is 13.0. The van der Waals surface area contributed by atoms with Gasteiger partial charge in [0.2, 0.25) is 0 Å². The van der Waals surface area contributed by atoms with Crippen molar-refractivity contribution in [2.75, 3.05) is 5.75 Å². The van der Waals surface area contributed by atoms with Gasteiger partial charge in [-0.2, -0.15) is 0 Å². The number of phenols is 1. The number of carbonyl (C=O) groups excluding carboxylic acids is 1. The summed E-state index contributed by atoms with van der Waals surface area (Å²) < 4.78 is 0. The van der Waals surface area contributed by atoms with E-state index in [1.54, 1.807) is 30.0 Å². The van der Waals surface area contributed by atoms with E-state index in [1.807, 2.05) is 30.3 Å². The summed E-state index contributed by atoms with van der Waals surface area (Å²) in [5.41, 5.74) is 0.408. The van der Waals surface area contributed by atoms with E-state index in [0.29, 0.717) is 12.0 Å². The van der Waals surface area contributed by atoms with Crippen LogP contribution in [0.5, 0.6) is 5.75 Å². The van der Waals surface area contributed by atoms with Crippen molar-refractivity contribution >= 4 is 17.5 Å². The minimum absolute atomic E-state index is 0.0171. The Balaban J connectivity index is 1.88. The molecular formula is C15H14O2S. The average Bonchev–Trinajstić information content (AvgIpc) is 2.40. The van der Waals surface area contributed by atoms with Crippen molar-refractivity contribution in [1.82, 2.24) is 0 Å². The van der Waals surface area contributed by atoms with E-state index in [0.717, 1.165) is 10.6 Å². The first-order valence-corrected chi connectivity index (χ1v) is 6.75. The molecule has 1 N–H and O–H groups in total. The Bertz CT molecular complexity index is 523. The zero-order chi connectivity index (χ0) is 12.8. The summed E-state index contributed by atoms with van der Waals surface area (Å²) in [6.45, 7) is 0. The van der Waals surface area contributed by atoms with Crippen molar-refractivity contribution in [2.24, 2.45) is 0 Å². The molecule has 0 saturated heterocycles. The number of aromatic hydroxyl groups is 1. The van der Waals surface area contributed by atoms with Crippen LogP contribution in [0.25, 0.3) is 0 Å². The van der Waals surface area contributed by atoms with Gasteiger partial charge >= 0.3 is 0 Å². The first kappa shape index (κ1) is 12.7. The molecule has 18 heavy (non-hydrogen) atoms. The second kappa shape index (κ2) is 6.26. The summed E-state index contributed by atoms with van der Waals surface area (Å²) in [7, 11) is 0. The van der Waals surface area contributed by atoms with Crippen molar-refractivity contribution in [3.05, 3.63) is 60.2 Å². The summed E-state index contributed by atoms with van der Waals surface area (Å²) in [6, 6.07) is 16.6. The molecule has 0 unspecified atom stereocenters. The van der Waals surface area contributed by atoms with Crippen molar-refractivity contribution in [1.29, 1.82) is 0 Å². The van der Waals surface area contributed by atoms with E-state index in [9.17, 15) is 9.90 Å². The molecule has 2 aromatic carbocycles. The zero-order valence-corrected chi connectivity index (χ0v) is 10.7. The number of rotatable bonds is 5. The van der Waals surface area contributed by atoms with E-state index in [1.165, 1.54) is 6.07 Å². The maximum atomic E-state index is 11.9. The normalized spacial score (nSPS) is 10.2. The number of hydrogen-bond acceptors (Lipinski definition) is 3. The molecule has 0 heterocycles. The van der Waals surface area contributed by atoms with Crippen LogP contribution >= 0.6 is 11.8 Å². The maximum Gasteiger partial charge on any atom is 0.167 e. The van der Waals surface area contributed by atoms with Crippen LogP contribution in [0.15, 0.2) is 59.5 Å². The summed E-state index contributed by atoms with van der Waals surface area (Å²) in [5, 5.41) is 9.57. The summed E-state index contributed by atoms with van der Waals surface area (Å²) >= 11 is 1.65. The van der Waals surface area contributed by atoms with Gasteiger partial charge in [0.1, 0.15) is 5.75 Å². The number of Topliss-reactive ketones (excluding diaryl/α,β-unsaturated/α-hetero) is 1. The quantitative estimate of drug-likeness (QED) is 0.655. The van der Waals surface area contributed by atoms with E-state index in [-0.39, 0.29) is 11.5 Å². The molecule has 3 heteroatoms. The maximum absolute atomic E-state index is 11.9. The number of benzene rings is 2. The SMILES string of the molecule is O=C(CCSc1ccccc1)c1ccccc1O. The molecule has 92 valence electrons. The molecule has 2 rings (SSSR count). The molecule has 0 radical (unpaired) electrons. The lowest BCUT2D eigenvalue weighted by Gasteiger charge is -2.03. The molecule has 0 atom stereocenters. The molecule has 0 bridgehead atoms. The van der Waals surface area contributed by atoms with Crippen molar-refractivity contribution < 1.29 is 9.90 Å². The van der Waals surface area contributed by atoms with Crippen LogP contribution in [0, 0.1) is 0 Å². The largest absolute Gasteiger partial charge is 0.507 e. The van der Waals surface area contributed by atoms with Crippen molar-refractivity contribution in [2.45, 2.75) is 11.3 Å².